The number of hydrogen-bond donors (Lipinski definition) is 0. The first-order valence-corrected chi connectivity index (χ1v) is 13.5. The molecule has 1 aromatic heterocycles. The summed E-state index contributed by atoms with van der Waals surface area (Å²) in [6.45, 7) is 10.6. The van der Waals surface area contributed by atoms with Gasteiger partial charge in [-0.1, -0.05) is 18.2 Å². The number of nitrogens with zero attached hydrogens (tertiary/aromatic N) is 2. The first-order chi connectivity index (χ1) is 18.1. The lowest BCUT2D eigenvalue weighted by molar-refractivity contribution is -0.117. The van der Waals surface area contributed by atoms with Crippen LogP contribution in [0.1, 0.15) is 79.0 Å². The molecular weight excluding hydrogens is 472 g/mol. The van der Waals surface area contributed by atoms with Gasteiger partial charge in [0, 0.05) is 18.5 Å². The number of rotatable bonds is 8. The Hall–Kier alpha value is -3.65. The van der Waals surface area contributed by atoms with Gasteiger partial charge in [-0.05, 0) is 117 Å². The molecule has 5 nitrogen and oxygen atoms in total. The van der Waals surface area contributed by atoms with Crippen LogP contribution in [0.25, 0.3) is 11.1 Å². The van der Waals surface area contributed by atoms with E-state index in [9.17, 15) is 10.1 Å². The molecule has 2 aromatic carbocycles. The first kappa shape index (κ1) is 26.0. The summed E-state index contributed by atoms with van der Waals surface area (Å²) in [5, 5.41) is 9.31. The van der Waals surface area contributed by atoms with Crippen LogP contribution in [-0.2, 0) is 17.6 Å². The molecule has 0 spiro atoms. The molecule has 2 heterocycles. The van der Waals surface area contributed by atoms with Crippen LogP contribution < -0.4 is 9.47 Å². The third-order valence-corrected chi connectivity index (χ3v) is 7.85. The molecule has 0 amide bonds. The molecule has 3 aromatic rings. The molecule has 38 heavy (non-hydrogen) atoms. The molecule has 0 saturated heterocycles. The summed E-state index contributed by atoms with van der Waals surface area (Å²) in [5.74, 6) is 2.34. The van der Waals surface area contributed by atoms with Crippen molar-refractivity contribution in [3.63, 3.8) is 0 Å². The van der Waals surface area contributed by atoms with Gasteiger partial charge >= 0.3 is 0 Å². The van der Waals surface area contributed by atoms with E-state index in [1.54, 1.807) is 6.92 Å². The highest BCUT2D eigenvalue weighted by atomic mass is 16.5. The number of aromatic nitrogens is 1. The Labute approximate surface area is 225 Å². The third-order valence-electron chi connectivity index (χ3n) is 7.85. The number of carbonyl (C=O) groups is 1. The standard InChI is InChI=1S/C33H36N2O3/c1-20-11-26(38-19-33(4,5)18-34)12-21(2)31(20)29-8-6-7-27-24(9-10-28(27)29)14-23-15-30-32(35-16-23)25(17-37-30)13-22(3)36/h6-8,11-12,15-16,24-25H,9-10,13-14,17,19H2,1-5H3/t24-,25?/m0/s1. The van der Waals surface area contributed by atoms with Gasteiger partial charge in [-0.2, -0.15) is 5.26 Å². The largest absolute Gasteiger partial charge is 0.492 e. The minimum atomic E-state index is -0.521. The predicted molar refractivity (Wildman–Crippen MR) is 149 cm³/mol. The van der Waals surface area contributed by atoms with Gasteiger partial charge in [-0.25, -0.2) is 0 Å². The number of Topliss-reactive ketones (excluding diaryl/α,β-unsaturated/α-hetero) is 1. The van der Waals surface area contributed by atoms with E-state index in [2.05, 4.69) is 56.3 Å². The van der Waals surface area contributed by atoms with Crippen LogP contribution in [-0.4, -0.2) is 24.0 Å². The van der Waals surface area contributed by atoms with E-state index in [0.29, 0.717) is 25.6 Å². The molecule has 2 aliphatic rings. The fourth-order valence-electron chi connectivity index (χ4n) is 6.00. The van der Waals surface area contributed by atoms with Crippen molar-refractivity contribution in [2.75, 3.05) is 13.2 Å². The van der Waals surface area contributed by atoms with Gasteiger partial charge in [-0.3, -0.25) is 4.98 Å². The van der Waals surface area contributed by atoms with Crippen LogP contribution in [0.15, 0.2) is 42.6 Å². The summed E-state index contributed by atoms with van der Waals surface area (Å²) < 4.78 is 11.9. The van der Waals surface area contributed by atoms with Gasteiger partial charge in [0.2, 0.25) is 0 Å². The van der Waals surface area contributed by atoms with Crippen LogP contribution in [0.5, 0.6) is 11.5 Å². The van der Waals surface area contributed by atoms with Gasteiger partial charge < -0.3 is 14.3 Å². The Balaban J connectivity index is 1.37. The average Bonchev–Trinajstić information content (AvgIpc) is 3.46. The second-order valence-corrected chi connectivity index (χ2v) is 11.7. The van der Waals surface area contributed by atoms with Gasteiger partial charge in [0.05, 0.1) is 23.8 Å². The lowest BCUT2D eigenvalue weighted by Gasteiger charge is -2.20. The molecule has 1 aliphatic carbocycles. The number of carbonyl (C=O) groups excluding carboxylic acids is 1. The Bertz CT molecular complexity index is 1410. The highest BCUT2D eigenvalue weighted by Gasteiger charge is 2.29. The quantitative estimate of drug-likeness (QED) is 0.327. The zero-order valence-electron chi connectivity index (χ0n) is 23.1. The topological polar surface area (TPSA) is 72.2 Å². The predicted octanol–water partition coefficient (Wildman–Crippen LogP) is 7.02. The summed E-state index contributed by atoms with van der Waals surface area (Å²) in [6.07, 6.45) is 5.56. The second kappa shape index (κ2) is 10.3. The SMILES string of the molecule is CC(=O)CC1COc2cc(C[C@@H]3CCc4c(-c5c(C)cc(OCC(C)(C)C#N)cc5C)cccc43)cnc21. The highest BCUT2D eigenvalue weighted by molar-refractivity contribution is 5.77. The Morgan fingerprint density at radius 3 is 2.66 bits per heavy atom. The smallest absolute Gasteiger partial charge is 0.141 e. The van der Waals surface area contributed by atoms with E-state index < -0.39 is 5.41 Å². The van der Waals surface area contributed by atoms with E-state index in [4.69, 9.17) is 14.5 Å². The molecule has 1 aliphatic heterocycles. The van der Waals surface area contributed by atoms with Crippen LogP contribution in [0.2, 0.25) is 0 Å². The molecular formula is C33H36N2O3. The van der Waals surface area contributed by atoms with Crippen LogP contribution >= 0.6 is 0 Å². The van der Waals surface area contributed by atoms with Crippen molar-refractivity contribution in [1.82, 2.24) is 4.98 Å². The number of ether oxygens (including phenoxy) is 2. The average molecular weight is 509 g/mol. The van der Waals surface area contributed by atoms with E-state index in [-0.39, 0.29) is 11.7 Å². The molecule has 1 unspecified atom stereocenters. The number of pyridine rings is 1. The Morgan fingerprint density at radius 1 is 1.18 bits per heavy atom. The van der Waals surface area contributed by atoms with Crippen LogP contribution in [0, 0.1) is 30.6 Å². The van der Waals surface area contributed by atoms with Crippen molar-refractivity contribution < 1.29 is 14.3 Å². The number of benzene rings is 2. The number of fused-ring (bicyclic) bond motifs is 2. The Morgan fingerprint density at radius 2 is 1.95 bits per heavy atom. The molecule has 0 radical (unpaired) electrons. The second-order valence-electron chi connectivity index (χ2n) is 11.7. The number of ketones is 1. The van der Waals surface area contributed by atoms with Gasteiger partial charge in [-0.15, -0.1) is 0 Å². The van der Waals surface area contributed by atoms with Gasteiger partial charge in [0.25, 0.3) is 0 Å². The summed E-state index contributed by atoms with van der Waals surface area (Å²) in [5.41, 5.74) is 9.41. The highest BCUT2D eigenvalue weighted by Crippen LogP contribution is 2.43. The molecule has 196 valence electrons. The minimum absolute atomic E-state index is 0.0763. The molecule has 2 atom stereocenters. The van der Waals surface area contributed by atoms with E-state index in [1.807, 2.05) is 20.0 Å². The van der Waals surface area contributed by atoms with Crippen molar-refractivity contribution in [3.8, 4) is 28.7 Å². The first-order valence-electron chi connectivity index (χ1n) is 13.5. The van der Waals surface area contributed by atoms with Crippen LogP contribution in [0.4, 0.5) is 0 Å². The zero-order valence-corrected chi connectivity index (χ0v) is 23.1. The summed E-state index contributed by atoms with van der Waals surface area (Å²) in [7, 11) is 0. The number of nitriles is 1. The lowest BCUT2D eigenvalue weighted by atomic mass is 9.88. The summed E-state index contributed by atoms with van der Waals surface area (Å²) in [4.78, 5) is 16.3. The number of aryl methyl sites for hydroxylation is 2. The molecule has 0 saturated carbocycles. The van der Waals surface area contributed by atoms with Crippen molar-refractivity contribution in [2.24, 2.45) is 5.41 Å². The maximum absolute atomic E-state index is 11.6. The third kappa shape index (κ3) is 5.18. The van der Waals surface area contributed by atoms with E-state index in [1.165, 1.54) is 38.9 Å². The molecule has 5 rings (SSSR count). The van der Waals surface area contributed by atoms with E-state index >= 15 is 0 Å². The van der Waals surface area contributed by atoms with Crippen molar-refractivity contribution in [2.45, 2.75) is 72.1 Å². The van der Waals surface area contributed by atoms with Crippen molar-refractivity contribution in [3.05, 3.63) is 76.1 Å². The van der Waals surface area contributed by atoms with Crippen LogP contribution in [0.3, 0.4) is 0 Å². The zero-order chi connectivity index (χ0) is 27.0. The fourth-order valence-corrected chi connectivity index (χ4v) is 6.00. The van der Waals surface area contributed by atoms with E-state index in [0.717, 1.165) is 36.5 Å². The van der Waals surface area contributed by atoms with Gasteiger partial charge in [0.15, 0.2) is 0 Å². The normalized spacial score (nSPS) is 17.9. The van der Waals surface area contributed by atoms with Crippen molar-refractivity contribution in [1.29, 1.82) is 5.26 Å². The van der Waals surface area contributed by atoms with Gasteiger partial charge in [0.1, 0.15) is 23.9 Å². The number of hydrogen-bond acceptors (Lipinski definition) is 5. The molecule has 0 N–H and O–H groups in total. The van der Waals surface area contributed by atoms with Crippen molar-refractivity contribution >= 4 is 5.78 Å². The summed E-state index contributed by atoms with van der Waals surface area (Å²) >= 11 is 0. The maximum Gasteiger partial charge on any atom is 0.141 e. The minimum Gasteiger partial charge on any atom is -0.492 e. The maximum atomic E-state index is 11.6. The molecule has 5 heteroatoms. The Kier molecular flexibility index (Phi) is 7.01. The molecule has 0 bridgehead atoms. The monoisotopic (exact) mass is 508 g/mol. The summed E-state index contributed by atoms with van der Waals surface area (Å²) in [6, 6.07) is 15.3. The lowest BCUT2D eigenvalue weighted by Crippen LogP contribution is -2.19. The molecule has 0 fully saturated rings. The fraction of sp³-hybridized carbons (Fsp3) is 0.424.